The molecule has 0 saturated carbocycles. The van der Waals surface area contributed by atoms with Crippen molar-refractivity contribution in [3.05, 3.63) is 18.2 Å². The molecule has 6 nitrogen and oxygen atoms in total. The number of methoxy groups -OCH3 is 1. The lowest BCUT2D eigenvalue weighted by Gasteiger charge is -2.07. The van der Waals surface area contributed by atoms with Gasteiger partial charge in [-0.3, -0.25) is 9.59 Å². The minimum Gasteiger partial charge on any atom is -0.468 e. The first kappa shape index (κ1) is 12.7. The highest BCUT2D eigenvalue weighted by Gasteiger charge is 2.17. The van der Waals surface area contributed by atoms with Gasteiger partial charge in [0.1, 0.15) is 10.5 Å². The van der Waals surface area contributed by atoms with Gasteiger partial charge in [-0.1, -0.05) is 15.9 Å². The molecule has 88 valence electrons. The molecule has 7 heteroatoms. The number of carbonyl (C=O) groups is 2. The van der Waals surface area contributed by atoms with E-state index >= 15 is 0 Å². The molecule has 0 spiro atoms. The van der Waals surface area contributed by atoms with Crippen molar-refractivity contribution in [3.8, 4) is 0 Å². The molecular formula is C9H12BrN3O3. The molecule has 1 aromatic heterocycles. The summed E-state index contributed by atoms with van der Waals surface area (Å²) in [5, 5.41) is 2.56. The number of rotatable bonds is 4. The summed E-state index contributed by atoms with van der Waals surface area (Å²) >= 11 is 3.09. The summed E-state index contributed by atoms with van der Waals surface area (Å²) in [5.41, 5.74) is 0.312. The zero-order chi connectivity index (χ0) is 12.1. The van der Waals surface area contributed by atoms with E-state index in [1.807, 2.05) is 0 Å². The van der Waals surface area contributed by atoms with Gasteiger partial charge in [0.05, 0.1) is 13.4 Å². The monoisotopic (exact) mass is 289 g/mol. The number of nitrogens with zero attached hydrogens (tertiary/aromatic N) is 2. The molecule has 0 fully saturated rings. The highest BCUT2D eigenvalue weighted by molar-refractivity contribution is 9.10. The maximum Gasteiger partial charge on any atom is 0.321 e. The number of hydrogen-bond donors (Lipinski definition) is 1. The van der Waals surface area contributed by atoms with Crippen LogP contribution < -0.4 is 5.32 Å². The fourth-order valence-corrected chi connectivity index (χ4v) is 1.36. The molecule has 0 aliphatic heterocycles. The van der Waals surface area contributed by atoms with Crippen LogP contribution in [0.3, 0.4) is 0 Å². The number of hydrogen-bond acceptors (Lipinski definition) is 4. The van der Waals surface area contributed by atoms with Gasteiger partial charge < -0.3 is 14.6 Å². The minimum atomic E-state index is -0.551. The largest absolute Gasteiger partial charge is 0.468 e. The lowest BCUT2D eigenvalue weighted by Crippen LogP contribution is -2.34. The Morgan fingerprint density at radius 2 is 2.38 bits per heavy atom. The lowest BCUT2D eigenvalue weighted by molar-refractivity contribution is -0.139. The number of nitrogens with one attached hydrogen (secondary N) is 1. The SMILES string of the molecule is COC(=O)C(Br)CNC(=O)c1cn(C)cn1. The molecule has 1 N–H and O–H groups in total. The third-order valence-electron chi connectivity index (χ3n) is 1.84. The minimum absolute atomic E-state index is 0.155. The first-order chi connectivity index (χ1) is 7.54. The number of imidazole rings is 1. The van der Waals surface area contributed by atoms with Crippen molar-refractivity contribution in [2.24, 2.45) is 7.05 Å². The zero-order valence-electron chi connectivity index (χ0n) is 8.94. The van der Waals surface area contributed by atoms with Crippen molar-refractivity contribution < 1.29 is 14.3 Å². The zero-order valence-corrected chi connectivity index (χ0v) is 10.5. The van der Waals surface area contributed by atoms with Gasteiger partial charge in [-0.2, -0.15) is 0 Å². The normalized spacial score (nSPS) is 11.9. The Bertz CT molecular complexity index is 391. The summed E-state index contributed by atoms with van der Waals surface area (Å²) in [5.74, 6) is -0.754. The molecule has 1 rings (SSSR count). The van der Waals surface area contributed by atoms with E-state index in [-0.39, 0.29) is 12.5 Å². The second-order valence-electron chi connectivity index (χ2n) is 3.13. The van der Waals surface area contributed by atoms with Crippen molar-refractivity contribution in [2.75, 3.05) is 13.7 Å². The Morgan fingerprint density at radius 3 is 2.88 bits per heavy atom. The van der Waals surface area contributed by atoms with Crippen LogP contribution in [0.2, 0.25) is 0 Å². The van der Waals surface area contributed by atoms with E-state index in [9.17, 15) is 9.59 Å². The highest BCUT2D eigenvalue weighted by Crippen LogP contribution is 2.01. The first-order valence-electron chi connectivity index (χ1n) is 4.52. The fourth-order valence-electron chi connectivity index (χ4n) is 1.01. The second kappa shape index (κ2) is 5.64. The van der Waals surface area contributed by atoms with Crippen LogP contribution in [0.15, 0.2) is 12.5 Å². The molecule has 0 radical (unpaired) electrons. The molecule has 16 heavy (non-hydrogen) atoms. The summed E-state index contributed by atoms with van der Waals surface area (Å²) in [4.78, 5) is 25.9. The van der Waals surface area contributed by atoms with E-state index in [1.54, 1.807) is 17.8 Å². The molecule has 1 heterocycles. The van der Waals surface area contributed by atoms with Crippen molar-refractivity contribution >= 4 is 27.8 Å². The average Bonchev–Trinajstić information content (AvgIpc) is 2.71. The summed E-state index contributed by atoms with van der Waals surface area (Å²) in [7, 11) is 3.06. The third-order valence-corrected chi connectivity index (χ3v) is 2.53. The molecule has 0 saturated heterocycles. The van der Waals surface area contributed by atoms with Gasteiger partial charge in [-0.25, -0.2) is 4.98 Å². The topological polar surface area (TPSA) is 73.2 Å². The Labute approximate surface area is 101 Å². The maximum atomic E-state index is 11.5. The van der Waals surface area contributed by atoms with Crippen LogP contribution >= 0.6 is 15.9 Å². The molecule has 1 amide bonds. The number of amides is 1. The Balaban J connectivity index is 2.44. The van der Waals surface area contributed by atoms with Gasteiger partial charge in [0.15, 0.2) is 0 Å². The summed E-state index contributed by atoms with van der Waals surface area (Å²) in [6, 6.07) is 0. The fraction of sp³-hybridized carbons (Fsp3) is 0.444. The van der Waals surface area contributed by atoms with Crippen LogP contribution in [-0.2, 0) is 16.6 Å². The number of carbonyl (C=O) groups excluding carboxylic acids is 2. The predicted molar refractivity (Wildman–Crippen MR) is 60.3 cm³/mol. The Kier molecular flexibility index (Phi) is 4.48. The summed E-state index contributed by atoms with van der Waals surface area (Å²) in [6.07, 6.45) is 3.12. The molecule has 0 bridgehead atoms. The van der Waals surface area contributed by atoms with Crippen LogP contribution in [0.25, 0.3) is 0 Å². The molecule has 1 unspecified atom stereocenters. The number of aryl methyl sites for hydroxylation is 1. The smallest absolute Gasteiger partial charge is 0.321 e. The van der Waals surface area contributed by atoms with Gasteiger partial charge >= 0.3 is 5.97 Å². The van der Waals surface area contributed by atoms with Gasteiger partial charge in [-0.05, 0) is 0 Å². The second-order valence-corrected chi connectivity index (χ2v) is 4.23. The summed E-state index contributed by atoms with van der Waals surface area (Å²) in [6.45, 7) is 0.155. The third kappa shape index (κ3) is 3.34. The average molecular weight is 290 g/mol. The lowest BCUT2D eigenvalue weighted by atomic mass is 10.4. The quantitative estimate of drug-likeness (QED) is 0.630. The van der Waals surface area contributed by atoms with E-state index in [0.717, 1.165) is 0 Å². The molecule has 0 aliphatic rings. The standard InChI is InChI=1S/C9H12BrN3O3/c1-13-4-7(12-5-13)8(14)11-3-6(10)9(15)16-2/h4-6H,3H2,1-2H3,(H,11,14). The maximum absolute atomic E-state index is 11.5. The van der Waals surface area contributed by atoms with E-state index in [1.165, 1.54) is 13.4 Å². The van der Waals surface area contributed by atoms with Gasteiger partial charge in [0.2, 0.25) is 0 Å². The van der Waals surface area contributed by atoms with Gasteiger partial charge in [0.25, 0.3) is 5.91 Å². The molecule has 1 aromatic rings. The van der Waals surface area contributed by atoms with Crippen molar-refractivity contribution in [1.29, 1.82) is 0 Å². The van der Waals surface area contributed by atoms with E-state index in [4.69, 9.17) is 0 Å². The van der Waals surface area contributed by atoms with E-state index in [0.29, 0.717) is 5.69 Å². The van der Waals surface area contributed by atoms with Gasteiger partial charge in [-0.15, -0.1) is 0 Å². The van der Waals surface area contributed by atoms with Crippen LogP contribution in [-0.4, -0.2) is 39.9 Å². The number of esters is 1. The van der Waals surface area contributed by atoms with Gasteiger partial charge in [0, 0.05) is 19.8 Å². The summed E-state index contributed by atoms with van der Waals surface area (Å²) < 4.78 is 6.16. The molecule has 1 atom stereocenters. The first-order valence-corrected chi connectivity index (χ1v) is 5.44. The highest BCUT2D eigenvalue weighted by atomic mass is 79.9. The van der Waals surface area contributed by atoms with E-state index < -0.39 is 10.8 Å². The van der Waals surface area contributed by atoms with Crippen LogP contribution in [0.5, 0.6) is 0 Å². The number of halogens is 1. The van der Waals surface area contributed by atoms with Crippen LogP contribution in [0, 0.1) is 0 Å². The predicted octanol–water partition coefficient (Wildman–Crippen LogP) is 0.0864. The van der Waals surface area contributed by atoms with Crippen LogP contribution in [0.1, 0.15) is 10.5 Å². The van der Waals surface area contributed by atoms with E-state index in [2.05, 4.69) is 31.0 Å². The molecule has 0 aromatic carbocycles. The molecule has 0 aliphatic carbocycles. The van der Waals surface area contributed by atoms with Crippen molar-refractivity contribution in [1.82, 2.24) is 14.9 Å². The number of ether oxygens (including phenoxy) is 1. The number of aromatic nitrogens is 2. The van der Waals surface area contributed by atoms with Crippen molar-refractivity contribution in [2.45, 2.75) is 4.83 Å². The van der Waals surface area contributed by atoms with Crippen molar-refractivity contribution in [3.63, 3.8) is 0 Å². The number of alkyl halides is 1. The van der Waals surface area contributed by atoms with Crippen LogP contribution in [0.4, 0.5) is 0 Å². The Hall–Kier alpha value is -1.37. The Morgan fingerprint density at radius 1 is 1.69 bits per heavy atom. The molecular weight excluding hydrogens is 278 g/mol.